The minimum absolute atomic E-state index is 0.0458. The van der Waals surface area contributed by atoms with Gasteiger partial charge in [-0.3, -0.25) is 14.5 Å². The number of imide groups is 1. The zero-order valence-electron chi connectivity index (χ0n) is 11.9. The lowest BCUT2D eigenvalue weighted by atomic mass is 10.1. The molecule has 0 radical (unpaired) electrons. The van der Waals surface area contributed by atoms with Crippen LogP contribution in [-0.4, -0.2) is 28.4 Å². The fourth-order valence-electron chi connectivity index (χ4n) is 2.34. The van der Waals surface area contributed by atoms with Crippen molar-refractivity contribution in [2.45, 2.75) is 32.6 Å². The van der Waals surface area contributed by atoms with E-state index in [-0.39, 0.29) is 5.57 Å². The summed E-state index contributed by atoms with van der Waals surface area (Å²) in [6.45, 7) is 2.37. The van der Waals surface area contributed by atoms with E-state index in [1.807, 2.05) is 0 Å². The molecule has 1 aromatic carbocycles. The molecule has 5 heteroatoms. The molecule has 0 atom stereocenters. The van der Waals surface area contributed by atoms with Crippen LogP contribution >= 0.6 is 0 Å². The van der Waals surface area contributed by atoms with Crippen molar-refractivity contribution in [2.24, 2.45) is 0 Å². The van der Waals surface area contributed by atoms with E-state index in [9.17, 15) is 19.1 Å². The van der Waals surface area contributed by atoms with Gasteiger partial charge in [0.05, 0.1) is 5.57 Å². The number of aliphatic hydroxyl groups excluding tert-OH is 1. The number of rotatable bonds is 6. The number of unbranched alkanes of at least 4 members (excludes halogenated alkanes) is 3. The maximum Gasteiger partial charge on any atom is 0.296 e. The summed E-state index contributed by atoms with van der Waals surface area (Å²) < 4.78 is 12.9. The predicted octanol–water partition coefficient (Wildman–Crippen LogP) is 3.04. The first-order valence-electron chi connectivity index (χ1n) is 7.11. The lowest BCUT2D eigenvalue weighted by molar-refractivity contribution is -0.138. The Morgan fingerprint density at radius 1 is 1.05 bits per heavy atom. The molecule has 4 nitrogen and oxygen atoms in total. The molecule has 0 unspecified atom stereocenters. The molecule has 0 saturated carbocycles. The number of carbonyl (C=O) groups excluding carboxylic acids is 2. The van der Waals surface area contributed by atoms with Crippen LogP contribution in [0.5, 0.6) is 0 Å². The Kier molecular flexibility index (Phi) is 4.73. The maximum absolute atomic E-state index is 12.9. The van der Waals surface area contributed by atoms with Crippen LogP contribution in [0.4, 0.5) is 4.39 Å². The van der Waals surface area contributed by atoms with Gasteiger partial charge in [0.2, 0.25) is 0 Å². The molecule has 1 aliphatic heterocycles. The first-order valence-corrected chi connectivity index (χ1v) is 7.11. The monoisotopic (exact) mass is 291 g/mol. The molecule has 1 aromatic rings. The van der Waals surface area contributed by atoms with Crippen LogP contribution in [0, 0.1) is 5.82 Å². The third kappa shape index (κ3) is 3.12. The highest BCUT2D eigenvalue weighted by molar-refractivity contribution is 6.34. The van der Waals surface area contributed by atoms with Crippen molar-refractivity contribution in [1.82, 2.24) is 4.90 Å². The van der Waals surface area contributed by atoms with E-state index >= 15 is 0 Å². The highest BCUT2D eigenvalue weighted by Crippen LogP contribution is 2.28. The van der Waals surface area contributed by atoms with Crippen LogP contribution in [0.25, 0.3) is 5.57 Å². The van der Waals surface area contributed by atoms with E-state index < -0.39 is 23.4 Å². The fourth-order valence-corrected chi connectivity index (χ4v) is 2.34. The summed E-state index contributed by atoms with van der Waals surface area (Å²) in [5.41, 5.74) is 0.304. The minimum Gasteiger partial charge on any atom is -0.502 e. The fraction of sp³-hybridized carbons (Fsp3) is 0.375. The van der Waals surface area contributed by atoms with Gasteiger partial charge >= 0.3 is 0 Å². The maximum atomic E-state index is 12.9. The summed E-state index contributed by atoms with van der Waals surface area (Å²) in [5.74, 6) is -2.18. The van der Waals surface area contributed by atoms with Gasteiger partial charge in [-0.2, -0.15) is 0 Å². The Bertz CT molecular complexity index is 578. The Balaban J connectivity index is 2.14. The summed E-state index contributed by atoms with van der Waals surface area (Å²) in [7, 11) is 0. The van der Waals surface area contributed by atoms with Gasteiger partial charge in [-0.1, -0.05) is 38.3 Å². The van der Waals surface area contributed by atoms with Crippen molar-refractivity contribution < 1.29 is 19.1 Å². The molecular formula is C16H18FNO3. The quantitative estimate of drug-likeness (QED) is 0.647. The number of amides is 2. The lowest BCUT2D eigenvalue weighted by Crippen LogP contribution is -2.32. The van der Waals surface area contributed by atoms with E-state index in [4.69, 9.17) is 0 Å². The number of benzene rings is 1. The molecule has 0 aliphatic carbocycles. The molecule has 1 heterocycles. The Labute approximate surface area is 122 Å². The minimum atomic E-state index is -0.671. The third-order valence-corrected chi connectivity index (χ3v) is 3.51. The molecule has 1 aliphatic rings. The molecule has 112 valence electrons. The number of aliphatic hydroxyl groups is 1. The second kappa shape index (κ2) is 6.52. The van der Waals surface area contributed by atoms with Crippen molar-refractivity contribution in [3.05, 3.63) is 41.4 Å². The van der Waals surface area contributed by atoms with Crippen LogP contribution in [0.1, 0.15) is 38.2 Å². The van der Waals surface area contributed by atoms with Gasteiger partial charge in [0, 0.05) is 6.54 Å². The van der Waals surface area contributed by atoms with Crippen molar-refractivity contribution in [3.8, 4) is 0 Å². The number of halogens is 1. The smallest absolute Gasteiger partial charge is 0.296 e. The standard InChI is InChI=1S/C16H18FNO3/c1-2-3-4-5-10-18-15(20)13(14(19)16(18)21)11-6-8-12(17)9-7-11/h6-9,19H,2-5,10H2,1H3. The van der Waals surface area contributed by atoms with Gasteiger partial charge in [0.15, 0.2) is 5.76 Å². The second-order valence-electron chi connectivity index (χ2n) is 5.05. The van der Waals surface area contributed by atoms with Crippen LogP contribution in [-0.2, 0) is 9.59 Å². The first-order chi connectivity index (χ1) is 10.1. The molecular weight excluding hydrogens is 273 g/mol. The van der Waals surface area contributed by atoms with Crippen LogP contribution in [0.2, 0.25) is 0 Å². The molecule has 0 spiro atoms. The molecule has 2 amide bonds. The number of hydrogen-bond acceptors (Lipinski definition) is 3. The highest BCUT2D eigenvalue weighted by Gasteiger charge is 2.38. The zero-order valence-corrected chi connectivity index (χ0v) is 11.9. The van der Waals surface area contributed by atoms with Crippen LogP contribution < -0.4 is 0 Å². The number of hydrogen-bond donors (Lipinski definition) is 1. The van der Waals surface area contributed by atoms with Crippen molar-refractivity contribution in [1.29, 1.82) is 0 Å². The SMILES string of the molecule is CCCCCCN1C(=O)C(O)=C(c2ccc(F)cc2)C1=O. The number of nitrogens with zero attached hydrogens (tertiary/aromatic N) is 1. The predicted molar refractivity (Wildman–Crippen MR) is 76.8 cm³/mol. The normalized spacial score (nSPS) is 15.2. The first kappa shape index (κ1) is 15.2. The average Bonchev–Trinajstić information content (AvgIpc) is 2.68. The summed E-state index contributed by atoms with van der Waals surface area (Å²) in [5, 5.41) is 9.90. The summed E-state index contributed by atoms with van der Waals surface area (Å²) in [4.78, 5) is 25.3. The average molecular weight is 291 g/mol. The third-order valence-electron chi connectivity index (χ3n) is 3.51. The van der Waals surface area contributed by atoms with E-state index in [0.717, 1.165) is 30.6 Å². The van der Waals surface area contributed by atoms with Gasteiger partial charge in [0.1, 0.15) is 5.82 Å². The summed E-state index contributed by atoms with van der Waals surface area (Å²) in [6, 6.07) is 5.15. The van der Waals surface area contributed by atoms with Crippen molar-refractivity contribution in [3.63, 3.8) is 0 Å². The molecule has 0 fully saturated rings. The molecule has 2 rings (SSSR count). The van der Waals surface area contributed by atoms with Gasteiger partial charge < -0.3 is 5.11 Å². The van der Waals surface area contributed by atoms with Crippen molar-refractivity contribution in [2.75, 3.05) is 6.54 Å². The summed E-state index contributed by atoms with van der Waals surface area (Å²) >= 11 is 0. The van der Waals surface area contributed by atoms with E-state index in [2.05, 4.69) is 6.92 Å². The van der Waals surface area contributed by atoms with E-state index in [1.54, 1.807) is 0 Å². The van der Waals surface area contributed by atoms with Crippen LogP contribution in [0.3, 0.4) is 0 Å². The van der Waals surface area contributed by atoms with Gasteiger partial charge in [-0.25, -0.2) is 4.39 Å². The largest absolute Gasteiger partial charge is 0.502 e. The Morgan fingerprint density at radius 2 is 1.71 bits per heavy atom. The van der Waals surface area contributed by atoms with Crippen LogP contribution in [0.15, 0.2) is 30.0 Å². The Hall–Kier alpha value is -2.17. The van der Waals surface area contributed by atoms with E-state index in [0.29, 0.717) is 12.1 Å². The van der Waals surface area contributed by atoms with Gasteiger partial charge in [-0.05, 0) is 24.1 Å². The van der Waals surface area contributed by atoms with E-state index in [1.165, 1.54) is 24.3 Å². The molecule has 21 heavy (non-hydrogen) atoms. The summed E-state index contributed by atoms with van der Waals surface area (Å²) in [6.07, 6.45) is 3.75. The van der Waals surface area contributed by atoms with Gasteiger partial charge in [-0.15, -0.1) is 0 Å². The topological polar surface area (TPSA) is 57.6 Å². The molecule has 0 bridgehead atoms. The zero-order chi connectivity index (χ0) is 15.4. The van der Waals surface area contributed by atoms with Gasteiger partial charge in [0.25, 0.3) is 11.8 Å². The second-order valence-corrected chi connectivity index (χ2v) is 5.05. The lowest BCUT2D eigenvalue weighted by Gasteiger charge is -2.14. The molecule has 0 saturated heterocycles. The Morgan fingerprint density at radius 3 is 2.33 bits per heavy atom. The number of carbonyl (C=O) groups is 2. The molecule has 1 N–H and O–H groups in total. The molecule has 0 aromatic heterocycles. The van der Waals surface area contributed by atoms with Crippen molar-refractivity contribution >= 4 is 17.4 Å². The highest BCUT2D eigenvalue weighted by atomic mass is 19.1.